The van der Waals surface area contributed by atoms with E-state index in [-0.39, 0.29) is 11.7 Å². The second kappa shape index (κ2) is 7.37. The van der Waals surface area contributed by atoms with Crippen molar-refractivity contribution < 1.29 is 4.42 Å². The standard InChI is InChI=1S/C20H16Cl2N4O2/c1-10-7-12(21)8-13-17(10)26-19(28-20(13)27)16(9-15(23)11-4-5-11)25-18-14(22)3-2-6-24-18/h2-3,6-9,11H,4-5,23H2,1H3/b15-9-,25-16-. The molecule has 0 spiro atoms. The molecule has 28 heavy (non-hydrogen) atoms. The van der Waals surface area contributed by atoms with Crippen molar-refractivity contribution in [1.29, 1.82) is 0 Å². The molecule has 1 fully saturated rings. The summed E-state index contributed by atoms with van der Waals surface area (Å²) in [5, 5.41) is 1.12. The molecule has 0 amide bonds. The van der Waals surface area contributed by atoms with Gasteiger partial charge in [0.05, 0.1) is 15.9 Å². The molecule has 4 rings (SSSR count). The number of fused-ring (bicyclic) bond motifs is 1. The lowest BCUT2D eigenvalue weighted by Crippen LogP contribution is -2.12. The summed E-state index contributed by atoms with van der Waals surface area (Å²) in [5.41, 5.74) is 7.81. The van der Waals surface area contributed by atoms with E-state index in [0.717, 1.165) is 18.4 Å². The van der Waals surface area contributed by atoms with E-state index in [4.69, 9.17) is 33.4 Å². The number of benzene rings is 1. The predicted molar refractivity (Wildman–Crippen MR) is 110 cm³/mol. The Hall–Kier alpha value is -2.70. The maximum absolute atomic E-state index is 12.5. The van der Waals surface area contributed by atoms with E-state index >= 15 is 0 Å². The lowest BCUT2D eigenvalue weighted by Gasteiger charge is -2.06. The highest BCUT2D eigenvalue weighted by Crippen LogP contribution is 2.34. The average Bonchev–Trinajstić information content (AvgIpc) is 3.49. The van der Waals surface area contributed by atoms with Crippen LogP contribution in [0.4, 0.5) is 5.82 Å². The smallest absolute Gasteiger partial charge is 0.347 e. The van der Waals surface area contributed by atoms with E-state index < -0.39 is 5.63 Å². The number of rotatable bonds is 4. The van der Waals surface area contributed by atoms with Gasteiger partial charge in [0.2, 0.25) is 5.89 Å². The van der Waals surface area contributed by atoms with Gasteiger partial charge in [0.25, 0.3) is 0 Å². The van der Waals surface area contributed by atoms with E-state index in [0.29, 0.717) is 38.3 Å². The van der Waals surface area contributed by atoms with Crippen molar-refractivity contribution in [2.45, 2.75) is 19.8 Å². The molecule has 0 aliphatic heterocycles. The lowest BCUT2D eigenvalue weighted by molar-refractivity contribution is 0.491. The fourth-order valence-corrected chi connectivity index (χ4v) is 3.26. The number of hydrogen-bond acceptors (Lipinski definition) is 6. The molecule has 3 aromatic rings. The van der Waals surface area contributed by atoms with Crippen LogP contribution in [0.2, 0.25) is 10.0 Å². The molecular formula is C20H16Cl2N4O2. The normalized spacial score (nSPS) is 15.2. The van der Waals surface area contributed by atoms with Crippen LogP contribution in [0, 0.1) is 12.8 Å². The first-order valence-corrected chi connectivity index (χ1v) is 9.45. The van der Waals surface area contributed by atoms with E-state index in [9.17, 15) is 4.79 Å². The minimum absolute atomic E-state index is 0.0493. The molecule has 8 heteroatoms. The molecule has 0 unspecified atom stereocenters. The molecule has 6 nitrogen and oxygen atoms in total. The highest BCUT2D eigenvalue weighted by molar-refractivity contribution is 6.33. The van der Waals surface area contributed by atoms with Crippen molar-refractivity contribution in [3.05, 3.63) is 74.2 Å². The number of halogens is 2. The number of allylic oxidation sites excluding steroid dienone is 2. The Morgan fingerprint density at radius 1 is 1.36 bits per heavy atom. The fourth-order valence-electron chi connectivity index (χ4n) is 2.82. The number of aryl methyl sites for hydroxylation is 1. The van der Waals surface area contributed by atoms with Crippen LogP contribution < -0.4 is 11.4 Å². The zero-order valence-corrected chi connectivity index (χ0v) is 16.5. The second-order valence-corrected chi connectivity index (χ2v) is 7.49. The van der Waals surface area contributed by atoms with Crippen LogP contribution in [0.3, 0.4) is 0 Å². The Balaban J connectivity index is 1.93. The number of pyridine rings is 1. The summed E-state index contributed by atoms with van der Waals surface area (Å²) in [5.74, 6) is 0.641. The predicted octanol–water partition coefficient (Wildman–Crippen LogP) is 4.57. The third kappa shape index (κ3) is 3.79. The zero-order chi connectivity index (χ0) is 19.8. The minimum Gasteiger partial charge on any atom is -0.402 e. The summed E-state index contributed by atoms with van der Waals surface area (Å²) in [6.45, 7) is 1.82. The van der Waals surface area contributed by atoms with Crippen LogP contribution in [0.25, 0.3) is 10.9 Å². The molecule has 2 heterocycles. The molecule has 2 aromatic heterocycles. The monoisotopic (exact) mass is 414 g/mol. The molecule has 0 bridgehead atoms. The Morgan fingerprint density at radius 3 is 2.86 bits per heavy atom. The van der Waals surface area contributed by atoms with Gasteiger partial charge in [-0.25, -0.2) is 19.8 Å². The molecule has 0 atom stereocenters. The summed E-state index contributed by atoms with van der Waals surface area (Å²) >= 11 is 12.2. The number of hydrogen-bond donors (Lipinski definition) is 1. The number of aromatic nitrogens is 2. The first-order chi connectivity index (χ1) is 13.4. The first kappa shape index (κ1) is 18.7. The van der Waals surface area contributed by atoms with Crippen LogP contribution in [0.15, 0.2) is 56.4 Å². The van der Waals surface area contributed by atoms with Gasteiger partial charge < -0.3 is 10.2 Å². The number of nitrogens with zero attached hydrogens (tertiary/aromatic N) is 3. The van der Waals surface area contributed by atoms with Gasteiger partial charge in [-0.15, -0.1) is 0 Å². The summed E-state index contributed by atoms with van der Waals surface area (Å²) in [6.07, 6.45) is 5.29. The third-order valence-corrected chi connectivity index (χ3v) is 4.94. The van der Waals surface area contributed by atoms with Crippen LogP contribution in [0.5, 0.6) is 0 Å². The van der Waals surface area contributed by atoms with Gasteiger partial charge in [-0.1, -0.05) is 23.2 Å². The van der Waals surface area contributed by atoms with E-state index in [2.05, 4.69) is 15.0 Å². The Kier molecular flexibility index (Phi) is 4.91. The van der Waals surface area contributed by atoms with Crippen LogP contribution in [0.1, 0.15) is 24.3 Å². The van der Waals surface area contributed by atoms with Crippen molar-refractivity contribution in [3.63, 3.8) is 0 Å². The Bertz CT molecular complexity index is 1200. The highest BCUT2D eigenvalue weighted by Gasteiger charge is 2.25. The summed E-state index contributed by atoms with van der Waals surface area (Å²) < 4.78 is 5.45. The summed E-state index contributed by atoms with van der Waals surface area (Å²) in [6, 6.07) is 6.65. The molecule has 1 saturated carbocycles. The van der Waals surface area contributed by atoms with Crippen LogP contribution in [-0.4, -0.2) is 15.7 Å². The van der Waals surface area contributed by atoms with Crippen LogP contribution in [-0.2, 0) is 0 Å². The van der Waals surface area contributed by atoms with Gasteiger partial charge in [-0.05, 0) is 61.6 Å². The molecule has 0 radical (unpaired) electrons. The van der Waals surface area contributed by atoms with Gasteiger partial charge >= 0.3 is 5.63 Å². The number of nitrogens with two attached hydrogens (primary N) is 1. The zero-order valence-electron chi connectivity index (χ0n) is 14.9. The second-order valence-electron chi connectivity index (χ2n) is 6.65. The van der Waals surface area contributed by atoms with Crippen molar-refractivity contribution >= 4 is 45.6 Å². The summed E-state index contributed by atoms with van der Waals surface area (Å²) in [4.78, 5) is 25.7. The Morgan fingerprint density at radius 2 is 2.14 bits per heavy atom. The maximum Gasteiger partial charge on any atom is 0.347 e. The average molecular weight is 415 g/mol. The van der Waals surface area contributed by atoms with E-state index in [1.165, 1.54) is 6.07 Å². The molecule has 142 valence electrons. The molecule has 1 aliphatic rings. The van der Waals surface area contributed by atoms with Gasteiger partial charge in [-0.3, -0.25) is 0 Å². The van der Waals surface area contributed by atoms with Gasteiger partial charge in [0, 0.05) is 16.9 Å². The van der Waals surface area contributed by atoms with Crippen molar-refractivity contribution in [1.82, 2.24) is 9.97 Å². The number of aliphatic imine (C=N–C) groups is 1. The van der Waals surface area contributed by atoms with Gasteiger partial charge in [-0.2, -0.15) is 0 Å². The van der Waals surface area contributed by atoms with Crippen molar-refractivity contribution in [2.75, 3.05) is 0 Å². The van der Waals surface area contributed by atoms with Crippen LogP contribution >= 0.6 is 23.2 Å². The van der Waals surface area contributed by atoms with Crippen molar-refractivity contribution in [3.8, 4) is 0 Å². The SMILES string of the molecule is Cc1cc(Cl)cc2c(=O)oc(C(/C=C(\N)C3CC3)=N\c3ncccc3Cl)nc12. The van der Waals surface area contributed by atoms with Gasteiger partial charge in [0.1, 0.15) is 5.71 Å². The minimum atomic E-state index is -0.552. The molecule has 2 N–H and O–H groups in total. The van der Waals surface area contributed by atoms with Gasteiger partial charge in [0.15, 0.2) is 5.82 Å². The lowest BCUT2D eigenvalue weighted by atomic mass is 10.1. The van der Waals surface area contributed by atoms with Crippen molar-refractivity contribution in [2.24, 2.45) is 16.6 Å². The highest BCUT2D eigenvalue weighted by atomic mass is 35.5. The summed E-state index contributed by atoms with van der Waals surface area (Å²) in [7, 11) is 0. The molecule has 1 aliphatic carbocycles. The quantitative estimate of drug-likeness (QED) is 0.630. The van der Waals surface area contributed by atoms with E-state index in [1.807, 2.05) is 6.92 Å². The molecular weight excluding hydrogens is 399 g/mol. The fraction of sp³-hybridized carbons (Fsp3) is 0.200. The third-order valence-electron chi connectivity index (χ3n) is 4.42. The largest absolute Gasteiger partial charge is 0.402 e. The Labute approximate surface area is 170 Å². The first-order valence-electron chi connectivity index (χ1n) is 8.70. The topological polar surface area (TPSA) is 94.4 Å². The van der Waals surface area contributed by atoms with E-state index in [1.54, 1.807) is 30.5 Å². The maximum atomic E-state index is 12.5. The molecule has 0 saturated heterocycles. The molecule has 1 aromatic carbocycles.